The molecule has 5 nitrogen and oxygen atoms in total. The van der Waals surface area contributed by atoms with Gasteiger partial charge in [-0.25, -0.2) is 9.97 Å². The molecule has 1 fully saturated rings. The summed E-state index contributed by atoms with van der Waals surface area (Å²) >= 11 is 0. The minimum atomic E-state index is 0.0581. The minimum Gasteiger partial charge on any atom is -0.384 e. The lowest BCUT2D eigenvalue weighted by Crippen LogP contribution is -2.44. The van der Waals surface area contributed by atoms with Gasteiger partial charge in [-0.3, -0.25) is 4.90 Å². The predicted octanol–water partition coefficient (Wildman–Crippen LogP) is 5.08. The maximum Gasteiger partial charge on any atom is 0.138 e. The Morgan fingerprint density at radius 2 is 1.66 bits per heavy atom. The number of nitrogen functional groups attached to an aromatic ring is 1. The maximum atomic E-state index is 5.89. The molecule has 0 bridgehead atoms. The number of nitrogens with one attached hydrogen (secondary N) is 1. The standard InChI is InChI=1S/C24H27N5/c1-24(2,29-10-4-3-5-11-29)18-8-6-16(7-9-18)17-12-20-19-13-22(25)26-15-21(19)28-23(20)27-14-17/h6-9,12-15H,3-5,10-11H2,1-2H3,(H2,25,26)(H,27,28). The number of piperidine rings is 1. The van der Waals surface area contributed by atoms with E-state index in [0.29, 0.717) is 5.82 Å². The first kappa shape index (κ1) is 18.1. The molecule has 5 heteroatoms. The number of aromatic nitrogens is 3. The molecule has 29 heavy (non-hydrogen) atoms. The second-order valence-corrected chi connectivity index (χ2v) is 8.58. The number of fused-ring (bicyclic) bond motifs is 3. The monoisotopic (exact) mass is 385 g/mol. The second-order valence-electron chi connectivity index (χ2n) is 8.58. The highest BCUT2D eigenvalue weighted by Gasteiger charge is 2.29. The number of nitrogens with zero attached hydrogens (tertiary/aromatic N) is 3. The molecule has 148 valence electrons. The highest BCUT2D eigenvalue weighted by atomic mass is 15.2. The Morgan fingerprint density at radius 3 is 2.41 bits per heavy atom. The lowest BCUT2D eigenvalue weighted by atomic mass is 9.89. The van der Waals surface area contributed by atoms with Gasteiger partial charge in [0.05, 0.1) is 11.7 Å². The van der Waals surface area contributed by atoms with Crippen LogP contribution >= 0.6 is 0 Å². The van der Waals surface area contributed by atoms with Gasteiger partial charge in [-0.15, -0.1) is 0 Å². The molecular weight excluding hydrogens is 358 g/mol. The van der Waals surface area contributed by atoms with Gasteiger partial charge in [0.2, 0.25) is 0 Å². The Balaban J connectivity index is 1.50. The number of benzene rings is 1. The van der Waals surface area contributed by atoms with Crippen LogP contribution in [-0.4, -0.2) is 32.9 Å². The number of aromatic amines is 1. The number of hydrogen-bond acceptors (Lipinski definition) is 4. The zero-order valence-electron chi connectivity index (χ0n) is 17.1. The number of pyridine rings is 2. The summed E-state index contributed by atoms with van der Waals surface area (Å²) in [6.07, 6.45) is 7.66. The molecule has 1 aromatic carbocycles. The van der Waals surface area contributed by atoms with Crippen molar-refractivity contribution in [3.8, 4) is 11.1 Å². The first-order chi connectivity index (χ1) is 14.0. The Hall–Kier alpha value is -2.92. The van der Waals surface area contributed by atoms with Gasteiger partial charge in [-0.2, -0.15) is 0 Å². The summed E-state index contributed by atoms with van der Waals surface area (Å²) in [5.74, 6) is 0.521. The van der Waals surface area contributed by atoms with Gasteiger partial charge in [0.1, 0.15) is 11.5 Å². The number of hydrogen-bond donors (Lipinski definition) is 2. The van der Waals surface area contributed by atoms with Crippen molar-refractivity contribution in [2.75, 3.05) is 18.8 Å². The molecule has 0 saturated carbocycles. The van der Waals surface area contributed by atoms with E-state index in [0.717, 1.165) is 27.5 Å². The molecule has 5 rings (SSSR count). The van der Waals surface area contributed by atoms with Crippen LogP contribution in [0.4, 0.5) is 5.82 Å². The fourth-order valence-corrected chi connectivity index (χ4v) is 4.56. The summed E-state index contributed by atoms with van der Waals surface area (Å²) in [6.45, 7) is 7.05. The lowest BCUT2D eigenvalue weighted by Gasteiger charge is -2.41. The van der Waals surface area contributed by atoms with Gasteiger partial charge in [0, 0.05) is 28.1 Å². The van der Waals surface area contributed by atoms with Gasteiger partial charge >= 0.3 is 0 Å². The van der Waals surface area contributed by atoms with E-state index < -0.39 is 0 Å². The predicted molar refractivity (Wildman–Crippen MR) is 120 cm³/mol. The third-order valence-corrected chi connectivity index (χ3v) is 6.43. The van der Waals surface area contributed by atoms with E-state index in [1.807, 2.05) is 12.3 Å². The number of anilines is 1. The van der Waals surface area contributed by atoms with Crippen molar-refractivity contribution < 1.29 is 0 Å². The average molecular weight is 386 g/mol. The Kier molecular flexibility index (Phi) is 4.28. The van der Waals surface area contributed by atoms with Gasteiger partial charge in [0.25, 0.3) is 0 Å². The highest BCUT2D eigenvalue weighted by molar-refractivity contribution is 6.07. The quantitative estimate of drug-likeness (QED) is 0.516. The zero-order chi connectivity index (χ0) is 20.0. The summed E-state index contributed by atoms with van der Waals surface area (Å²) in [5, 5.41) is 2.13. The highest BCUT2D eigenvalue weighted by Crippen LogP contribution is 2.33. The van der Waals surface area contributed by atoms with Crippen molar-refractivity contribution in [2.45, 2.75) is 38.6 Å². The van der Waals surface area contributed by atoms with Crippen LogP contribution in [0.5, 0.6) is 0 Å². The number of nitrogens with two attached hydrogens (primary N) is 1. The van der Waals surface area contributed by atoms with Crippen molar-refractivity contribution in [1.82, 2.24) is 19.9 Å². The maximum absolute atomic E-state index is 5.89. The molecule has 4 aromatic rings. The fraction of sp³-hybridized carbons (Fsp3) is 0.333. The van der Waals surface area contributed by atoms with E-state index in [1.165, 1.54) is 43.5 Å². The van der Waals surface area contributed by atoms with E-state index in [9.17, 15) is 0 Å². The van der Waals surface area contributed by atoms with Gasteiger partial charge in [-0.1, -0.05) is 30.7 Å². The largest absolute Gasteiger partial charge is 0.384 e. The van der Waals surface area contributed by atoms with Crippen LogP contribution in [0.2, 0.25) is 0 Å². The molecule has 1 aliphatic rings. The Morgan fingerprint density at radius 1 is 0.897 bits per heavy atom. The van der Waals surface area contributed by atoms with Gasteiger partial charge in [0.15, 0.2) is 0 Å². The molecule has 0 spiro atoms. The molecule has 0 amide bonds. The first-order valence-electron chi connectivity index (χ1n) is 10.4. The van der Waals surface area contributed by atoms with E-state index in [-0.39, 0.29) is 5.54 Å². The average Bonchev–Trinajstić information content (AvgIpc) is 3.11. The molecular formula is C24H27N5. The van der Waals surface area contributed by atoms with Crippen LogP contribution in [0.25, 0.3) is 33.1 Å². The van der Waals surface area contributed by atoms with Crippen molar-refractivity contribution in [1.29, 1.82) is 0 Å². The molecule has 0 atom stereocenters. The van der Waals surface area contributed by atoms with E-state index in [2.05, 4.69) is 64.0 Å². The molecule has 0 unspecified atom stereocenters. The molecule has 3 N–H and O–H groups in total. The van der Waals surface area contributed by atoms with Crippen LogP contribution in [0.1, 0.15) is 38.7 Å². The van der Waals surface area contributed by atoms with Crippen molar-refractivity contribution in [3.05, 3.63) is 54.4 Å². The van der Waals surface area contributed by atoms with E-state index in [1.54, 1.807) is 6.20 Å². The van der Waals surface area contributed by atoms with Crippen LogP contribution in [0.3, 0.4) is 0 Å². The topological polar surface area (TPSA) is 70.8 Å². The van der Waals surface area contributed by atoms with Crippen molar-refractivity contribution >= 4 is 27.8 Å². The minimum absolute atomic E-state index is 0.0581. The third kappa shape index (κ3) is 3.15. The summed E-state index contributed by atoms with van der Waals surface area (Å²) in [7, 11) is 0. The smallest absolute Gasteiger partial charge is 0.138 e. The molecule has 1 aliphatic heterocycles. The molecule has 0 radical (unpaired) electrons. The normalized spacial score (nSPS) is 15.9. The van der Waals surface area contributed by atoms with E-state index >= 15 is 0 Å². The SMILES string of the molecule is CC(C)(c1ccc(-c2cnc3[nH]c4cnc(N)cc4c3c2)cc1)N1CCCCC1. The van der Waals surface area contributed by atoms with E-state index in [4.69, 9.17) is 5.73 Å². The summed E-state index contributed by atoms with van der Waals surface area (Å²) in [4.78, 5) is 14.7. The van der Waals surface area contributed by atoms with Crippen molar-refractivity contribution in [2.24, 2.45) is 0 Å². The number of H-pyrrole nitrogens is 1. The van der Waals surface area contributed by atoms with Crippen LogP contribution < -0.4 is 5.73 Å². The van der Waals surface area contributed by atoms with Crippen LogP contribution in [0.15, 0.2) is 48.8 Å². The lowest BCUT2D eigenvalue weighted by molar-refractivity contribution is 0.0944. The number of likely N-dealkylation sites (tertiary alicyclic amines) is 1. The molecule has 0 aliphatic carbocycles. The number of rotatable bonds is 3. The van der Waals surface area contributed by atoms with Crippen molar-refractivity contribution in [3.63, 3.8) is 0 Å². The Bertz CT molecular complexity index is 1170. The summed E-state index contributed by atoms with van der Waals surface area (Å²) < 4.78 is 0. The summed E-state index contributed by atoms with van der Waals surface area (Å²) in [5.41, 5.74) is 11.4. The first-order valence-corrected chi connectivity index (χ1v) is 10.4. The molecule has 3 aromatic heterocycles. The Labute approximate surface area is 171 Å². The van der Waals surface area contributed by atoms with Gasteiger partial charge < -0.3 is 10.7 Å². The molecule has 4 heterocycles. The fourth-order valence-electron chi connectivity index (χ4n) is 4.56. The summed E-state index contributed by atoms with van der Waals surface area (Å²) in [6, 6.07) is 13.1. The zero-order valence-corrected chi connectivity index (χ0v) is 17.1. The second kappa shape index (κ2) is 6.85. The molecule has 1 saturated heterocycles. The van der Waals surface area contributed by atoms with Gasteiger partial charge in [-0.05, 0) is 63.0 Å². The third-order valence-electron chi connectivity index (χ3n) is 6.43. The van der Waals surface area contributed by atoms with Crippen LogP contribution in [-0.2, 0) is 5.54 Å². The van der Waals surface area contributed by atoms with Crippen LogP contribution in [0, 0.1) is 0 Å².